The SMILES string of the molecule is CC(C)C(NC(=O)C(CCCN=C(N)N)NC(=O)C(CCC(N)=O)NC(=O)C(N)Cc1c[nH]c2ccccc12)C(=O)O. The Kier molecular flexibility index (Phi) is 12.7. The first kappa shape index (κ1) is 33.5. The number of H-pyrrole nitrogens is 1. The maximum absolute atomic E-state index is 13.3. The molecular weight excluding hydrogens is 546 g/mol. The minimum absolute atomic E-state index is 0.0509. The Morgan fingerprint density at radius 1 is 0.929 bits per heavy atom. The molecule has 0 fully saturated rings. The minimum atomic E-state index is -1.26. The van der Waals surface area contributed by atoms with Crippen LogP contribution >= 0.6 is 0 Å². The van der Waals surface area contributed by atoms with Crippen LogP contribution in [0.3, 0.4) is 0 Å². The highest BCUT2D eigenvalue weighted by atomic mass is 16.4. The molecule has 0 saturated carbocycles. The van der Waals surface area contributed by atoms with Gasteiger partial charge < -0.3 is 49.0 Å². The fraction of sp³-hybridized carbons (Fsp3) is 0.481. The normalized spacial score (nSPS) is 13.9. The first-order valence-corrected chi connectivity index (χ1v) is 13.6. The summed E-state index contributed by atoms with van der Waals surface area (Å²) in [5, 5.41) is 17.9. The smallest absolute Gasteiger partial charge is 0.326 e. The molecule has 0 aliphatic carbocycles. The number of fused-ring (bicyclic) bond motifs is 1. The number of aromatic nitrogens is 1. The van der Waals surface area contributed by atoms with Crippen LogP contribution in [0.4, 0.5) is 0 Å². The molecule has 0 spiro atoms. The van der Waals surface area contributed by atoms with E-state index in [1.807, 2.05) is 24.3 Å². The van der Waals surface area contributed by atoms with Gasteiger partial charge >= 0.3 is 5.97 Å². The summed E-state index contributed by atoms with van der Waals surface area (Å²) in [5.41, 5.74) is 23.8. The fourth-order valence-electron chi connectivity index (χ4n) is 4.28. The number of aromatic amines is 1. The van der Waals surface area contributed by atoms with E-state index in [0.717, 1.165) is 16.5 Å². The number of amides is 4. The third kappa shape index (κ3) is 10.4. The van der Waals surface area contributed by atoms with E-state index in [4.69, 9.17) is 22.9 Å². The number of aliphatic carboxylic acids is 1. The number of benzene rings is 1. The van der Waals surface area contributed by atoms with Gasteiger partial charge in [0, 0.05) is 30.1 Å². The molecule has 1 heterocycles. The number of nitrogens with zero attached hydrogens (tertiary/aromatic N) is 1. The van der Waals surface area contributed by atoms with Gasteiger partial charge in [-0.05, 0) is 43.2 Å². The number of rotatable bonds is 17. The van der Waals surface area contributed by atoms with E-state index < -0.39 is 59.7 Å². The van der Waals surface area contributed by atoms with Gasteiger partial charge in [-0.3, -0.25) is 24.2 Å². The number of carboxylic acids is 1. The highest BCUT2D eigenvalue weighted by Gasteiger charge is 2.31. The van der Waals surface area contributed by atoms with Crippen molar-refractivity contribution < 1.29 is 29.1 Å². The predicted octanol–water partition coefficient (Wildman–Crippen LogP) is -1.45. The van der Waals surface area contributed by atoms with Gasteiger partial charge in [0.15, 0.2) is 5.96 Å². The largest absolute Gasteiger partial charge is 0.480 e. The van der Waals surface area contributed by atoms with Crippen molar-refractivity contribution in [2.75, 3.05) is 6.54 Å². The summed E-state index contributed by atoms with van der Waals surface area (Å²) in [6, 6.07) is 2.82. The monoisotopic (exact) mass is 587 g/mol. The lowest BCUT2D eigenvalue weighted by molar-refractivity contribution is -0.143. The molecule has 15 heteroatoms. The molecule has 1 aromatic heterocycles. The van der Waals surface area contributed by atoms with Gasteiger partial charge in [-0.2, -0.15) is 0 Å². The molecule has 0 aliphatic heterocycles. The molecule has 0 radical (unpaired) electrons. The molecule has 4 unspecified atom stereocenters. The Morgan fingerprint density at radius 2 is 1.55 bits per heavy atom. The molecule has 4 atom stereocenters. The van der Waals surface area contributed by atoms with Gasteiger partial charge in [-0.25, -0.2) is 4.79 Å². The highest BCUT2D eigenvalue weighted by Crippen LogP contribution is 2.19. The number of carbonyl (C=O) groups excluding carboxylic acids is 4. The van der Waals surface area contributed by atoms with Gasteiger partial charge in [0.25, 0.3) is 0 Å². The highest BCUT2D eigenvalue weighted by molar-refractivity contribution is 5.94. The Hall–Kier alpha value is -4.66. The van der Waals surface area contributed by atoms with Crippen molar-refractivity contribution in [2.24, 2.45) is 33.8 Å². The van der Waals surface area contributed by atoms with Crippen LogP contribution in [0, 0.1) is 5.92 Å². The van der Waals surface area contributed by atoms with E-state index in [1.54, 1.807) is 20.0 Å². The second kappa shape index (κ2) is 16.0. The Morgan fingerprint density at radius 3 is 2.17 bits per heavy atom. The zero-order valence-corrected chi connectivity index (χ0v) is 23.8. The van der Waals surface area contributed by atoms with Crippen LogP contribution in [0.25, 0.3) is 10.9 Å². The number of aliphatic imine (C=N–C) groups is 1. The third-order valence-electron chi connectivity index (χ3n) is 6.57. The van der Waals surface area contributed by atoms with Crippen LogP contribution in [-0.4, -0.2) is 76.4 Å². The van der Waals surface area contributed by atoms with Crippen LogP contribution in [0.2, 0.25) is 0 Å². The second-order valence-corrected chi connectivity index (χ2v) is 10.3. The lowest BCUT2D eigenvalue weighted by atomic mass is 10.0. The van der Waals surface area contributed by atoms with Crippen molar-refractivity contribution in [3.63, 3.8) is 0 Å². The quantitative estimate of drug-likeness (QED) is 0.0594. The molecule has 13 N–H and O–H groups in total. The van der Waals surface area contributed by atoms with Crippen LogP contribution in [0.5, 0.6) is 0 Å². The minimum Gasteiger partial charge on any atom is -0.480 e. The summed E-state index contributed by atoms with van der Waals surface area (Å²) in [7, 11) is 0. The van der Waals surface area contributed by atoms with E-state index in [1.165, 1.54) is 0 Å². The summed E-state index contributed by atoms with van der Waals surface area (Å²) in [4.78, 5) is 69.5. The lowest BCUT2D eigenvalue weighted by Crippen LogP contribution is -2.57. The number of guanidine groups is 1. The lowest BCUT2D eigenvalue weighted by Gasteiger charge is -2.26. The standard InChI is InChI=1S/C27H41N9O6/c1-14(2)22(26(41)42)36-25(40)19(8-5-11-32-27(30)31)35-24(39)20(9-10-21(29)37)34-23(38)17(28)12-15-13-33-18-7-4-3-6-16(15)18/h3-4,6-7,13-14,17,19-20,22,33H,5,8-12,28H2,1-2H3,(H2,29,37)(H,34,38)(H,35,39)(H,36,40)(H,41,42)(H4,30,31,32). The summed E-state index contributed by atoms with van der Waals surface area (Å²) in [5.74, 6) is -4.69. The van der Waals surface area contributed by atoms with Gasteiger partial charge in [0.1, 0.15) is 18.1 Å². The number of nitrogens with one attached hydrogen (secondary N) is 4. The van der Waals surface area contributed by atoms with Crippen LogP contribution in [0.1, 0.15) is 45.1 Å². The number of hydrogen-bond acceptors (Lipinski definition) is 7. The zero-order chi connectivity index (χ0) is 31.4. The molecule has 2 aromatic rings. The molecule has 1 aromatic carbocycles. The molecule has 2 rings (SSSR count). The van der Waals surface area contributed by atoms with Crippen molar-refractivity contribution in [1.82, 2.24) is 20.9 Å². The third-order valence-corrected chi connectivity index (χ3v) is 6.57. The van der Waals surface area contributed by atoms with Crippen LogP contribution in [-0.2, 0) is 30.4 Å². The molecule has 4 amide bonds. The van der Waals surface area contributed by atoms with Gasteiger partial charge in [-0.15, -0.1) is 0 Å². The van der Waals surface area contributed by atoms with Crippen molar-refractivity contribution in [3.8, 4) is 0 Å². The molecule has 0 saturated heterocycles. The van der Waals surface area contributed by atoms with Gasteiger partial charge in [0.2, 0.25) is 23.6 Å². The van der Waals surface area contributed by atoms with E-state index in [-0.39, 0.29) is 44.6 Å². The molecule has 0 aliphatic rings. The van der Waals surface area contributed by atoms with E-state index >= 15 is 0 Å². The summed E-state index contributed by atoms with van der Waals surface area (Å²) >= 11 is 0. The zero-order valence-electron chi connectivity index (χ0n) is 23.8. The number of primary amides is 1. The molecule has 0 bridgehead atoms. The molecule has 230 valence electrons. The van der Waals surface area contributed by atoms with Crippen molar-refractivity contribution in [2.45, 2.75) is 70.1 Å². The maximum Gasteiger partial charge on any atom is 0.326 e. The van der Waals surface area contributed by atoms with Crippen molar-refractivity contribution in [1.29, 1.82) is 0 Å². The number of nitrogens with two attached hydrogens (primary N) is 4. The average Bonchev–Trinajstić information content (AvgIpc) is 3.32. The van der Waals surface area contributed by atoms with Crippen LogP contribution in [0.15, 0.2) is 35.5 Å². The Balaban J connectivity index is 2.18. The molecular formula is C27H41N9O6. The fourth-order valence-corrected chi connectivity index (χ4v) is 4.28. The first-order valence-electron chi connectivity index (χ1n) is 13.6. The second-order valence-electron chi connectivity index (χ2n) is 10.3. The van der Waals surface area contributed by atoms with Crippen molar-refractivity contribution >= 4 is 46.5 Å². The number of carbonyl (C=O) groups is 5. The van der Waals surface area contributed by atoms with Crippen LogP contribution < -0.4 is 38.9 Å². The Labute approximate surface area is 243 Å². The average molecular weight is 588 g/mol. The Bertz CT molecular complexity index is 1290. The number of carboxylic acid groups (broad SMARTS) is 1. The summed E-state index contributed by atoms with van der Waals surface area (Å²) in [6.07, 6.45) is 1.85. The van der Waals surface area contributed by atoms with E-state index in [9.17, 15) is 29.1 Å². The first-order chi connectivity index (χ1) is 19.8. The van der Waals surface area contributed by atoms with Gasteiger partial charge in [-0.1, -0.05) is 32.0 Å². The van der Waals surface area contributed by atoms with E-state index in [0.29, 0.717) is 0 Å². The summed E-state index contributed by atoms with van der Waals surface area (Å²) in [6.45, 7) is 3.40. The maximum atomic E-state index is 13.3. The topological polar surface area (TPSA) is 274 Å². The molecule has 42 heavy (non-hydrogen) atoms. The van der Waals surface area contributed by atoms with E-state index in [2.05, 4.69) is 25.9 Å². The van der Waals surface area contributed by atoms with Crippen molar-refractivity contribution in [3.05, 3.63) is 36.0 Å². The predicted molar refractivity (Wildman–Crippen MR) is 157 cm³/mol. The van der Waals surface area contributed by atoms with Gasteiger partial charge in [0.05, 0.1) is 6.04 Å². The molecule has 15 nitrogen and oxygen atoms in total. The number of hydrogen-bond donors (Lipinski definition) is 9. The summed E-state index contributed by atoms with van der Waals surface area (Å²) < 4.78 is 0. The number of para-hydroxylation sites is 1.